The van der Waals surface area contributed by atoms with Crippen molar-refractivity contribution in [3.63, 3.8) is 0 Å². The maximum atomic E-state index is 5.38. The van der Waals surface area contributed by atoms with Crippen LogP contribution in [0.5, 0.6) is 0 Å². The Labute approximate surface area is 86.5 Å². The summed E-state index contributed by atoms with van der Waals surface area (Å²) in [6.07, 6.45) is 2.62. The lowest BCUT2D eigenvalue weighted by Crippen LogP contribution is -1.87. The summed E-state index contributed by atoms with van der Waals surface area (Å²) in [5, 5.41) is 8.44. The SMILES string of the molecule is CSc1nnc(Cc2ccccc2)o1. The van der Waals surface area contributed by atoms with E-state index in [1.807, 2.05) is 36.6 Å². The van der Waals surface area contributed by atoms with E-state index in [0.29, 0.717) is 17.5 Å². The second-order valence-electron chi connectivity index (χ2n) is 2.83. The third kappa shape index (κ3) is 2.14. The predicted molar refractivity (Wildman–Crippen MR) is 55.3 cm³/mol. The minimum absolute atomic E-state index is 0.621. The smallest absolute Gasteiger partial charge is 0.276 e. The van der Waals surface area contributed by atoms with E-state index in [2.05, 4.69) is 10.2 Å². The number of rotatable bonds is 3. The van der Waals surface area contributed by atoms with Crippen molar-refractivity contribution in [3.8, 4) is 0 Å². The van der Waals surface area contributed by atoms with Crippen LogP contribution in [0.1, 0.15) is 11.5 Å². The molecule has 0 fully saturated rings. The molecule has 0 unspecified atom stereocenters. The molecule has 14 heavy (non-hydrogen) atoms. The van der Waals surface area contributed by atoms with Gasteiger partial charge in [-0.2, -0.15) is 0 Å². The number of aromatic nitrogens is 2. The quantitative estimate of drug-likeness (QED) is 0.723. The van der Waals surface area contributed by atoms with Crippen molar-refractivity contribution in [3.05, 3.63) is 41.8 Å². The zero-order valence-corrected chi connectivity index (χ0v) is 8.62. The second-order valence-corrected chi connectivity index (χ2v) is 3.59. The highest BCUT2D eigenvalue weighted by atomic mass is 32.2. The van der Waals surface area contributed by atoms with Gasteiger partial charge >= 0.3 is 0 Å². The molecule has 0 saturated carbocycles. The lowest BCUT2D eigenvalue weighted by Gasteiger charge is -1.94. The maximum absolute atomic E-state index is 5.38. The lowest BCUT2D eigenvalue weighted by molar-refractivity contribution is 0.421. The first-order valence-electron chi connectivity index (χ1n) is 4.29. The predicted octanol–water partition coefficient (Wildman–Crippen LogP) is 2.38. The zero-order chi connectivity index (χ0) is 9.80. The molecular weight excluding hydrogens is 196 g/mol. The van der Waals surface area contributed by atoms with E-state index >= 15 is 0 Å². The van der Waals surface area contributed by atoms with Crippen molar-refractivity contribution in [2.24, 2.45) is 0 Å². The van der Waals surface area contributed by atoms with Gasteiger partial charge in [0.15, 0.2) is 0 Å². The third-order valence-electron chi connectivity index (χ3n) is 1.82. The molecule has 72 valence electrons. The number of hydrogen-bond donors (Lipinski definition) is 0. The van der Waals surface area contributed by atoms with Crippen LogP contribution in [-0.4, -0.2) is 16.5 Å². The zero-order valence-electron chi connectivity index (χ0n) is 7.80. The first kappa shape index (κ1) is 9.27. The second kappa shape index (κ2) is 4.28. The van der Waals surface area contributed by atoms with Gasteiger partial charge in [0.25, 0.3) is 5.22 Å². The van der Waals surface area contributed by atoms with E-state index in [1.54, 1.807) is 0 Å². The summed E-state index contributed by atoms with van der Waals surface area (Å²) in [5.41, 5.74) is 1.18. The molecule has 0 saturated heterocycles. The Morgan fingerprint density at radius 2 is 2.00 bits per heavy atom. The minimum Gasteiger partial charge on any atom is -0.416 e. The van der Waals surface area contributed by atoms with E-state index in [1.165, 1.54) is 17.3 Å². The van der Waals surface area contributed by atoms with Gasteiger partial charge in [-0.15, -0.1) is 10.2 Å². The molecule has 0 atom stereocenters. The molecular formula is C10H10N2OS. The highest BCUT2D eigenvalue weighted by Gasteiger charge is 2.04. The van der Waals surface area contributed by atoms with Crippen molar-refractivity contribution in [2.75, 3.05) is 6.26 Å². The van der Waals surface area contributed by atoms with Crippen molar-refractivity contribution >= 4 is 11.8 Å². The monoisotopic (exact) mass is 206 g/mol. The Balaban J connectivity index is 2.11. The number of benzene rings is 1. The fraction of sp³-hybridized carbons (Fsp3) is 0.200. The van der Waals surface area contributed by atoms with Crippen LogP contribution < -0.4 is 0 Å². The standard InChI is InChI=1S/C10H10N2OS/c1-14-10-12-11-9(13-10)7-8-5-3-2-4-6-8/h2-6H,7H2,1H3. The highest BCUT2D eigenvalue weighted by Crippen LogP contribution is 2.14. The summed E-state index contributed by atoms with van der Waals surface area (Å²) in [7, 11) is 0. The summed E-state index contributed by atoms with van der Waals surface area (Å²) in [6, 6.07) is 10.1. The van der Waals surface area contributed by atoms with E-state index in [4.69, 9.17) is 4.42 Å². The van der Waals surface area contributed by atoms with Gasteiger partial charge in [0.1, 0.15) is 0 Å². The van der Waals surface area contributed by atoms with E-state index in [9.17, 15) is 0 Å². The van der Waals surface area contributed by atoms with Crippen LogP contribution in [0.2, 0.25) is 0 Å². The Morgan fingerprint density at radius 3 is 2.64 bits per heavy atom. The molecule has 0 aliphatic carbocycles. The van der Waals surface area contributed by atoms with Crippen molar-refractivity contribution in [1.29, 1.82) is 0 Å². The van der Waals surface area contributed by atoms with E-state index in [0.717, 1.165) is 0 Å². The van der Waals surface area contributed by atoms with E-state index < -0.39 is 0 Å². The maximum Gasteiger partial charge on any atom is 0.276 e. The normalized spacial score (nSPS) is 10.4. The molecule has 0 bridgehead atoms. The van der Waals surface area contributed by atoms with E-state index in [-0.39, 0.29) is 0 Å². The molecule has 2 rings (SSSR count). The molecule has 1 aromatic heterocycles. The fourth-order valence-corrected chi connectivity index (χ4v) is 1.46. The molecule has 0 aliphatic rings. The Hall–Kier alpha value is -1.29. The summed E-state index contributed by atoms with van der Waals surface area (Å²) in [6.45, 7) is 0. The molecule has 0 spiro atoms. The van der Waals surface area contributed by atoms with Crippen LogP contribution >= 0.6 is 11.8 Å². The van der Waals surface area contributed by atoms with Gasteiger partial charge in [0.2, 0.25) is 5.89 Å². The largest absolute Gasteiger partial charge is 0.416 e. The molecule has 4 heteroatoms. The first-order chi connectivity index (χ1) is 6.88. The van der Waals surface area contributed by atoms with Crippen molar-refractivity contribution in [2.45, 2.75) is 11.6 Å². The summed E-state index contributed by atoms with van der Waals surface area (Å²) < 4.78 is 5.38. The number of thioether (sulfide) groups is 1. The van der Waals surface area contributed by atoms with Crippen LogP contribution in [0.15, 0.2) is 40.0 Å². The molecule has 0 N–H and O–H groups in total. The average Bonchev–Trinajstić information content (AvgIpc) is 2.67. The highest BCUT2D eigenvalue weighted by molar-refractivity contribution is 7.98. The van der Waals surface area contributed by atoms with Gasteiger partial charge < -0.3 is 4.42 Å². The molecule has 2 aromatic rings. The topological polar surface area (TPSA) is 38.9 Å². The van der Waals surface area contributed by atoms with Crippen molar-refractivity contribution < 1.29 is 4.42 Å². The van der Waals surface area contributed by atoms with Gasteiger partial charge in [0.05, 0.1) is 6.42 Å². The minimum atomic E-state index is 0.621. The fourth-order valence-electron chi connectivity index (χ4n) is 1.16. The molecule has 0 aliphatic heterocycles. The molecule has 3 nitrogen and oxygen atoms in total. The lowest BCUT2D eigenvalue weighted by atomic mass is 10.2. The first-order valence-corrected chi connectivity index (χ1v) is 5.51. The van der Waals surface area contributed by atoms with Gasteiger partial charge in [-0.3, -0.25) is 0 Å². The van der Waals surface area contributed by atoms with Gasteiger partial charge in [-0.25, -0.2) is 0 Å². The molecule has 1 heterocycles. The van der Waals surface area contributed by atoms with Crippen LogP contribution in [-0.2, 0) is 6.42 Å². The van der Waals surface area contributed by atoms with Crippen LogP contribution in [0.25, 0.3) is 0 Å². The van der Waals surface area contributed by atoms with Gasteiger partial charge in [0, 0.05) is 0 Å². The van der Waals surface area contributed by atoms with Crippen LogP contribution in [0.4, 0.5) is 0 Å². The van der Waals surface area contributed by atoms with Crippen molar-refractivity contribution in [1.82, 2.24) is 10.2 Å². The summed E-state index contributed by atoms with van der Waals surface area (Å²) in [4.78, 5) is 0. The van der Waals surface area contributed by atoms with Crippen LogP contribution in [0.3, 0.4) is 0 Å². The Bertz CT molecular complexity index is 400. The molecule has 1 aromatic carbocycles. The molecule has 0 radical (unpaired) electrons. The summed E-state index contributed by atoms with van der Waals surface area (Å²) in [5.74, 6) is 0.667. The number of nitrogens with zero attached hydrogens (tertiary/aromatic N) is 2. The Kier molecular flexibility index (Phi) is 2.84. The summed E-state index contributed by atoms with van der Waals surface area (Å²) >= 11 is 1.46. The van der Waals surface area contributed by atoms with Crippen LogP contribution in [0, 0.1) is 0 Å². The van der Waals surface area contributed by atoms with Gasteiger partial charge in [-0.1, -0.05) is 42.1 Å². The number of hydrogen-bond acceptors (Lipinski definition) is 4. The average molecular weight is 206 g/mol. The third-order valence-corrected chi connectivity index (χ3v) is 2.34. The Morgan fingerprint density at radius 1 is 1.21 bits per heavy atom. The molecule has 0 amide bonds. The van der Waals surface area contributed by atoms with Gasteiger partial charge in [-0.05, 0) is 11.8 Å².